The van der Waals surface area contributed by atoms with E-state index in [0.29, 0.717) is 0 Å². The Morgan fingerprint density at radius 1 is 1.53 bits per heavy atom. The van der Waals surface area contributed by atoms with Crippen molar-refractivity contribution in [2.75, 3.05) is 7.11 Å². The molecule has 0 fully saturated rings. The molecule has 0 heterocycles. The van der Waals surface area contributed by atoms with E-state index in [4.69, 9.17) is 5.11 Å². The molecule has 0 unspecified atom stereocenters. The molecule has 0 saturated carbocycles. The summed E-state index contributed by atoms with van der Waals surface area (Å²) < 4.78 is 43.6. The third-order valence-electron chi connectivity index (χ3n) is 2.11. The highest BCUT2D eigenvalue weighted by molar-refractivity contribution is 5.64. The zero-order chi connectivity index (χ0) is 13.0. The zero-order valence-electron chi connectivity index (χ0n) is 8.84. The summed E-state index contributed by atoms with van der Waals surface area (Å²) in [5.41, 5.74) is -1.05. The van der Waals surface area contributed by atoms with Crippen molar-refractivity contribution in [1.82, 2.24) is 5.32 Å². The van der Waals surface area contributed by atoms with Gasteiger partial charge < -0.3 is 15.2 Å². The van der Waals surface area contributed by atoms with Crippen molar-refractivity contribution < 1.29 is 27.8 Å². The van der Waals surface area contributed by atoms with Gasteiger partial charge in [-0.25, -0.2) is 18.0 Å². The topological polar surface area (TPSA) is 58.6 Å². The van der Waals surface area contributed by atoms with Crippen LogP contribution in [0, 0.1) is 5.82 Å². The molecule has 2 N–H and O–H groups in total. The normalized spacial score (nSPS) is 10.4. The standard InChI is InChI=1S/C10H10F3NO3/c1-17-7-3-2-6(11)5(4-14-10(15)16)8(7)9(12)13/h2-3,9,14H,4H2,1H3,(H,15,16). The van der Waals surface area contributed by atoms with Crippen molar-refractivity contribution in [1.29, 1.82) is 0 Å². The lowest BCUT2D eigenvalue weighted by molar-refractivity contribution is 0.144. The molecule has 1 aromatic carbocycles. The van der Waals surface area contributed by atoms with Gasteiger partial charge in [0.05, 0.1) is 12.7 Å². The number of amides is 1. The molecule has 0 saturated heterocycles. The summed E-state index contributed by atoms with van der Waals surface area (Å²) in [5, 5.41) is 10.2. The van der Waals surface area contributed by atoms with E-state index in [1.165, 1.54) is 7.11 Å². The minimum atomic E-state index is -2.95. The number of alkyl halides is 2. The predicted octanol–water partition coefficient (Wildman–Crippen LogP) is 2.54. The van der Waals surface area contributed by atoms with Crippen LogP contribution in [0.2, 0.25) is 0 Å². The summed E-state index contributed by atoms with van der Waals surface area (Å²) in [6.45, 7) is -0.544. The third kappa shape index (κ3) is 3.02. The number of rotatable bonds is 4. The molecular weight excluding hydrogens is 239 g/mol. The zero-order valence-corrected chi connectivity index (χ0v) is 8.84. The number of nitrogens with one attached hydrogen (secondary N) is 1. The average molecular weight is 249 g/mol. The first-order valence-electron chi connectivity index (χ1n) is 4.57. The van der Waals surface area contributed by atoms with Gasteiger partial charge in [0.1, 0.15) is 11.6 Å². The van der Waals surface area contributed by atoms with Gasteiger partial charge in [0.25, 0.3) is 6.43 Å². The van der Waals surface area contributed by atoms with Crippen LogP contribution in [0.5, 0.6) is 5.75 Å². The van der Waals surface area contributed by atoms with Gasteiger partial charge in [-0.15, -0.1) is 0 Å². The van der Waals surface area contributed by atoms with E-state index in [9.17, 15) is 18.0 Å². The summed E-state index contributed by atoms with van der Waals surface area (Å²) in [5.74, 6) is -1.08. The van der Waals surface area contributed by atoms with Crippen LogP contribution in [0.4, 0.5) is 18.0 Å². The lowest BCUT2D eigenvalue weighted by atomic mass is 10.1. The molecule has 17 heavy (non-hydrogen) atoms. The maximum atomic E-state index is 13.4. The molecule has 0 aliphatic rings. The van der Waals surface area contributed by atoms with Crippen molar-refractivity contribution >= 4 is 6.09 Å². The van der Waals surface area contributed by atoms with Crippen molar-refractivity contribution in [3.05, 3.63) is 29.1 Å². The van der Waals surface area contributed by atoms with Gasteiger partial charge >= 0.3 is 6.09 Å². The van der Waals surface area contributed by atoms with Gasteiger partial charge in [0, 0.05) is 12.1 Å². The summed E-state index contributed by atoms with van der Waals surface area (Å²) in [7, 11) is 1.17. The number of hydrogen-bond donors (Lipinski definition) is 2. The number of hydrogen-bond acceptors (Lipinski definition) is 2. The fourth-order valence-electron chi connectivity index (χ4n) is 1.38. The molecular formula is C10H10F3NO3. The highest BCUT2D eigenvalue weighted by atomic mass is 19.3. The van der Waals surface area contributed by atoms with Crippen LogP contribution >= 0.6 is 0 Å². The molecule has 7 heteroatoms. The lowest BCUT2D eigenvalue weighted by Gasteiger charge is -2.14. The van der Waals surface area contributed by atoms with Gasteiger partial charge in [-0.2, -0.15) is 0 Å². The van der Waals surface area contributed by atoms with E-state index >= 15 is 0 Å². The van der Waals surface area contributed by atoms with Crippen molar-refractivity contribution in [3.8, 4) is 5.75 Å². The summed E-state index contributed by atoms with van der Waals surface area (Å²) in [4.78, 5) is 10.3. The van der Waals surface area contributed by atoms with Crippen LogP contribution in [-0.2, 0) is 6.54 Å². The second-order valence-electron chi connectivity index (χ2n) is 3.10. The fraction of sp³-hybridized carbons (Fsp3) is 0.300. The minimum Gasteiger partial charge on any atom is -0.496 e. The van der Waals surface area contributed by atoms with E-state index in [0.717, 1.165) is 12.1 Å². The number of ether oxygens (including phenoxy) is 1. The van der Waals surface area contributed by atoms with Gasteiger partial charge in [0.15, 0.2) is 0 Å². The monoisotopic (exact) mass is 249 g/mol. The largest absolute Gasteiger partial charge is 0.496 e. The van der Waals surface area contributed by atoms with Crippen LogP contribution in [-0.4, -0.2) is 18.3 Å². The first-order valence-corrected chi connectivity index (χ1v) is 4.57. The van der Waals surface area contributed by atoms with Crippen molar-refractivity contribution in [3.63, 3.8) is 0 Å². The average Bonchev–Trinajstić information content (AvgIpc) is 2.26. The summed E-state index contributed by atoms with van der Waals surface area (Å²) >= 11 is 0. The van der Waals surface area contributed by atoms with Crippen LogP contribution < -0.4 is 10.1 Å². The minimum absolute atomic E-state index is 0.177. The number of benzene rings is 1. The molecule has 94 valence electrons. The molecule has 0 spiro atoms. The Morgan fingerprint density at radius 2 is 2.18 bits per heavy atom. The van der Waals surface area contributed by atoms with Crippen LogP contribution in [0.1, 0.15) is 17.6 Å². The second kappa shape index (κ2) is 5.42. The smallest absolute Gasteiger partial charge is 0.404 e. The van der Waals surface area contributed by atoms with E-state index in [1.54, 1.807) is 0 Å². The number of halogens is 3. The van der Waals surface area contributed by atoms with E-state index in [2.05, 4.69) is 4.74 Å². The van der Waals surface area contributed by atoms with Crippen molar-refractivity contribution in [2.45, 2.75) is 13.0 Å². The molecule has 0 aromatic heterocycles. The SMILES string of the molecule is COc1ccc(F)c(CNC(=O)O)c1C(F)F. The summed E-state index contributed by atoms with van der Waals surface area (Å²) in [6.07, 6.45) is -4.38. The molecule has 4 nitrogen and oxygen atoms in total. The lowest BCUT2D eigenvalue weighted by Crippen LogP contribution is -2.22. The van der Waals surface area contributed by atoms with E-state index in [-0.39, 0.29) is 5.75 Å². The Morgan fingerprint density at radius 3 is 2.65 bits per heavy atom. The quantitative estimate of drug-likeness (QED) is 0.862. The van der Waals surface area contributed by atoms with Gasteiger partial charge in [0.2, 0.25) is 0 Å². The van der Waals surface area contributed by atoms with Gasteiger partial charge in [-0.1, -0.05) is 0 Å². The van der Waals surface area contributed by atoms with Gasteiger partial charge in [-0.05, 0) is 12.1 Å². The fourth-order valence-corrected chi connectivity index (χ4v) is 1.38. The Hall–Kier alpha value is -1.92. The Bertz CT molecular complexity index is 424. The Balaban J connectivity index is 3.19. The van der Waals surface area contributed by atoms with Crippen LogP contribution in [0.3, 0.4) is 0 Å². The van der Waals surface area contributed by atoms with Crippen LogP contribution in [0.15, 0.2) is 12.1 Å². The predicted molar refractivity (Wildman–Crippen MR) is 52.8 cm³/mol. The second-order valence-corrected chi connectivity index (χ2v) is 3.10. The molecule has 0 aliphatic carbocycles. The third-order valence-corrected chi connectivity index (χ3v) is 2.11. The molecule has 1 rings (SSSR count). The Labute approximate surface area is 95.0 Å². The van der Waals surface area contributed by atoms with E-state index in [1.807, 2.05) is 5.32 Å². The maximum absolute atomic E-state index is 13.4. The Kier molecular flexibility index (Phi) is 4.19. The molecule has 0 aliphatic heterocycles. The number of carboxylic acid groups (broad SMARTS) is 1. The molecule has 1 aromatic rings. The number of methoxy groups -OCH3 is 1. The highest BCUT2D eigenvalue weighted by Gasteiger charge is 2.22. The van der Waals surface area contributed by atoms with Crippen molar-refractivity contribution in [2.24, 2.45) is 0 Å². The molecule has 0 atom stereocenters. The first-order chi connectivity index (χ1) is 7.97. The summed E-state index contributed by atoms with van der Waals surface area (Å²) in [6, 6.07) is 2.02. The molecule has 0 bridgehead atoms. The highest BCUT2D eigenvalue weighted by Crippen LogP contribution is 2.33. The molecule has 1 amide bonds. The van der Waals surface area contributed by atoms with Gasteiger partial charge in [-0.3, -0.25) is 0 Å². The maximum Gasteiger partial charge on any atom is 0.404 e. The molecule has 0 radical (unpaired) electrons. The van der Waals surface area contributed by atoms with E-state index < -0.39 is 36.0 Å². The first kappa shape index (κ1) is 13.1. The number of carbonyl (C=O) groups is 1. The van der Waals surface area contributed by atoms with Crippen LogP contribution in [0.25, 0.3) is 0 Å².